The molecule has 0 fully saturated rings. The van der Waals surface area contributed by atoms with Crippen molar-refractivity contribution in [2.75, 3.05) is 19.7 Å². The first kappa shape index (κ1) is 15.0. The van der Waals surface area contributed by atoms with Gasteiger partial charge in [0.25, 0.3) is 0 Å². The van der Waals surface area contributed by atoms with Crippen molar-refractivity contribution in [1.82, 2.24) is 10.2 Å². The van der Waals surface area contributed by atoms with Crippen LogP contribution in [0.25, 0.3) is 0 Å². The SMILES string of the molecule is CCOC(=O)NCC(=O)N(CC)Cc1ccccc1. The molecule has 0 saturated carbocycles. The minimum atomic E-state index is -0.563. The molecule has 0 saturated heterocycles. The number of nitrogens with zero attached hydrogens (tertiary/aromatic N) is 1. The van der Waals surface area contributed by atoms with E-state index in [4.69, 9.17) is 4.74 Å². The van der Waals surface area contributed by atoms with E-state index in [1.165, 1.54) is 0 Å². The van der Waals surface area contributed by atoms with E-state index in [2.05, 4.69) is 5.32 Å². The van der Waals surface area contributed by atoms with Gasteiger partial charge in [0.1, 0.15) is 6.54 Å². The molecule has 5 nitrogen and oxygen atoms in total. The lowest BCUT2D eigenvalue weighted by Crippen LogP contribution is -2.39. The summed E-state index contributed by atoms with van der Waals surface area (Å²) < 4.78 is 4.70. The molecule has 104 valence electrons. The molecule has 0 unspecified atom stereocenters. The maximum absolute atomic E-state index is 11.9. The number of benzene rings is 1. The van der Waals surface area contributed by atoms with Gasteiger partial charge in [-0.15, -0.1) is 0 Å². The van der Waals surface area contributed by atoms with Crippen molar-refractivity contribution in [3.63, 3.8) is 0 Å². The third-order valence-electron chi connectivity index (χ3n) is 2.61. The second kappa shape index (κ2) is 8.13. The minimum Gasteiger partial charge on any atom is -0.450 e. The van der Waals surface area contributed by atoms with E-state index in [-0.39, 0.29) is 12.5 Å². The Morgan fingerprint density at radius 1 is 1.21 bits per heavy atom. The molecule has 0 spiro atoms. The Bertz CT molecular complexity index is 406. The van der Waals surface area contributed by atoms with Crippen molar-refractivity contribution in [3.05, 3.63) is 35.9 Å². The average Bonchev–Trinajstić information content (AvgIpc) is 2.43. The highest BCUT2D eigenvalue weighted by Crippen LogP contribution is 2.04. The van der Waals surface area contributed by atoms with Crippen molar-refractivity contribution in [3.8, 4) is 0 Å². The number of hydrogen-bond donors (Lipinski definition) is 1. The number of carbonyl (C=O) groups excluding carboxylic acids is 2. The van der Waals surface area contributed by atoms with Crippen molar-refractivity contribution >= 4 is 12.0 Å². The maximum Gasteiger partial charge on any atom is 0.407 e. The number of amides is 2. The van der Waals surface area contributed by atoms with Crippen molar-refractivity contribution in [2.24, 2.45) is 0 Å². The number of alkyl carbamates (subject to hydrolysis) is 1. The van der Waals surface area contributed by atoms with Gasteiger partial charge in [-0.1, -0.05) is 30.3 Å². The molecule has 0 bridgehead atoms. The molecule has 1 aromatic carbocycles. The zero-order valence-corrected chi connectivity index (χ0v) is 11.4. The van der Waals surface area contributed by atoms with Crippen LogP contribution >= 0.6 is 0 Å². The van der Waals surface area contributed by atoms with Gasteiger partial charge in [-0.05, 0) is 19.4 Å². The van der Waals surface area contributed by atoms with Gasteiger partial charge >= 0.3 is 6.09 Å². The number of ether oxygens (including phenoxy) is 1. The van der Waals surface area contributed by atoms with E-state index in [0.717, 1.165) is 5.56 Å². The van der Waals surface area contributed by atoms with Crippen LogP contribution in [0.15, 0.2) is 30.3 Å². The van der Waals surface area contributed by atoms with Crippen LogP contribution in [0.2, 0.25) is 0 Å². The van der Waals surface area contributed by atoms with Crippen LogP contribution in [-0.2, 0) is 16.1 Å². The Balaban J connectivity index is 2.46. The van der Waals surface area contributed by atoms with Crippen LogP contribution in [-0.4, -0.2) is 36.6 Å². The van der Waals surface area contributed by atoms with Crippen LogP contribution < -0.4 is 5.32 Å². The molecular weight excluding hydrogens is 244 g/mol. The molecule has 0 aliphatic carbocycles. The second-order valence-corrected chi connectivity index (χ2v) is 3.97. The van der Waals surface area contributed by atoms with Crippen LogP contribution in [0.5, 0.6) is 0 Å². The molecule has 0 aliphatic heterocycles. The van der Waals surface area contributed by atoms with Crippen LogP contribution in [0, 0.1) is 0 Å². The summed E-state index contributed by atoms with van der Waals surface area (Å²) >= 11 is 0. The summed E-state index contributed by atoms with van der Waals surface area (Å²) in [6.07, 6.45) is -0.563. The van der Waals surface area contributed by atoms with Gasteiger partial charge < -0.3 is 15.0 Å². The van der Waals surface area contributed by atoms with Crippen molar-refractivity contribution in [1.29, 1.82) is 0 Å². The van der Waals surface area contributed by atoms with Crippen molar-refractivity contribution < 1.29 is 14.3 Å². The molecule has 0 radical (unpaired) electrons. The molecule has 19 heavy (non-hydrogen) atoms. The zero-order chi connectivity index (χ0) is 14.1. The minimum absolute atomic E-state index is 0.0422. The summed E-state index contributed by atoms with van der Waals surface area (Å²) in [5, 5.41) is 2.43. The lowest BCUT2D eigenvalue weighted by molar-refractivity contribution is -0.130. The fourth-order valence-electron chi connectivity index (χ4n) is 1.62. The number of likely N-dealkylation sites (N-methyl/N-ethyl adjacent to an activating group) is 1. The number of carbonyl (C=O) groups is 2. The summed E-state index contributed by atoms with van der Waals surface area (Å²) in [6.45, 7) is 5.01. The normalized spacial score (nSPS) is 9.79. The Kier molecular flexibility index (Phi) is 6.43. The first-order valence-electron chi connectivity index (χ1n) is 6.39. The van der Waals surface area contributed by atoms with Crippen LogP contribution in [0.3, 0.4) is 0 Å². The summed E-state index contributed by atoms with van der Waals surface area (Å²) in [6, 6.07) is 9.74. The predicted octanol–water partition coefficient (Wildman–Crippen LogP) is 1.78. The number of hydrogen-bond acceptors (Lipinski definition) is 3. The Labute approximate surface area is 113 Å². The number of nitrogens with one attached hydrogen (secondary N) is 1. The first-order chi connectivity index (χ1) is 9.17. The molecule has 0 aliphatic rings. The fourth-order valence-corrected chi connectivity index (χ4v) is 1.62. The van der Waals surface area contributed by atoms with Gasteiger partial charge in [-0.2, -0.15) is 0 Å². The topological polar surface area (TPSA) is 58.6 Å². The Morgan fingerprint density at radius 3 is 2.47 bits per heavy atom. The molecule has 1 aromatic rings. The van der Waals surface area contributed by atoms with E-state index in [0.29, 0.717) is 19.7 Å². The second-order valence-electron chi connectivity index (χ2n) is 3.97. The maximum atomic E-state index is 11.9. The fraction of sp³-hybridized carbons (Fsp3) is 0.429. The highest BCUT2D eigenvalue weighted by Gasteiger charge is 2.13. The summed E-state index contributed by atoms with van der Waals surface area (Å²) in [5.74, 6) is -0.126. The predicted molar refractivity (Wildman–Crippen MR) is 72.6 cm³/mol. The molecule has 1 rings (SSSR count). The van der Waals surface area contributed by atoms with Gasteiger partial charge in [0.15, 0.2) is 0 Å². The largest absolute Gasteiger partial charge is 0.450 e. The molecule has 0 heterocycles. The lowest BCUT2D eigenvalue weighted by Gasteiger charge is -2.21. The average molecular weight is 264 g/mol. The van der Waals surface area contributed by atoms with E-state index < -0.39 is 6.09 Å². The zero-order valence-electron chi connectivity index (χ0n) is 11.4. The molecule has 0 atom stereocenters. The molecule has 5 heteroatoms. The first-order valence-corrected chi connectivity index (χ1v) is 6.39. The monoisotopic (exact) mass is 264 g/mol. The highest BCUT2D eigenvalue weighted by atomic mass is 16.5. The summed E-state index contributed by atoms with van der Waals surface area (Å²) in [7, 11) is 0. The van der Waals surface area contributed by atoms with E-state index in [1.807, 2.05) is 37.3 Å². The quantitative estimate of drug-likeness (QED) is 0.852. The van der Waals surface area contributed by atoms with Gasteiger partial charge in [-0.3, -0.25) is 4.79 Å². The van der Waals surface area contributed by atoms with Crippen LogP contribution in [0.4, 0.5) is 4.79 Å². The third-order valence-corrected chi connectivity index (χ3v) is 2.61. The lowest BCUT2D eigenvalue weighted by atomic mass is 10.2. The Morgan fingerprint density at radius 2 is 1.89 bits per heavy atom. The van der Waals surface area contributed by atoms with E-state index in [9.17, 15) is 9.59 Å². The smallest absolute Gasteiger partial charge is 0.407 e. The van der Waals surface area contributed by atoms with E-state index >= 15 is 0 Å². The van der Waals surface area contributed by atoms with Gasteiger partial charge in [-0.25, -0.2) is 4.79 Å². The van der Waals surface area contributed by atoms with E-state index in [1.54, 1.807) is 11.8 Å². The Hall–Kier alpha value is -2.04. The van der Waals surface area contributed by atoms with Crippen LogP contribution in [0.1, 0.15) is 19.4 Å². The van der Waals surface area contributed by atoms with Gasteiger partial charge in [0, 0.05) is 13.1 Å². The molecule has 1 N–H and O–H groups in total. The summed E-state index contributed by atoms with van der Waals surface area (Å²) in [4.78, 5) is 24.7. The van der Waals surface area contributed by atoms with Gasteiger partial charge in [0.05, 0.1) is 6.61 Å². The summed E-state index contributed by atoms with van der Waals surface area (Å²) in [5.41, 5.74) is 1.06. The van der Waals surface area contributed by atoms with Crippen molar-refractivity contribution in [2.45, 2.75) is 20.4 Å². The van der Waals surface area contributed by atoms with Gasteiger partial charge in [0.2, 0.25) is 5.91 Å². The standard InChI is InChI=1S/C14H20N2O3/c1-3-16(11-12-8-6-5-7-9-12)13(17)10-15-14(18)19-4-2/h5-9H,3-4,10-11H2,1-2H3,(H,15,18). The third kappa shape index (κ3) is 5.42. The highest BCUT2D eigenvalue weighted by molar-refractivity contribution is 5.82. The molecular formula is C14H20N2O3. The molecule has 2 amide bonds. The number of rotatable bonds is 6. The molecule has 0 aromatic heterocycles.